The lowest BCUT2D eigenvalue weighted by molar-refractivity contribution is -0.384. The van der Waals surface area contributed by atoms with E-state index in [9.17, 15) is 19.7 Å². The number of carbonyl (C=O) groups is 2. The zero-order chi connectivity index (χ0) is 20.0. The number of nitrogens with one attached hydrogen (secondary N) is 1. The van der Waals surface area contributed by atoms with Gasteiger partial charge in [0.25, 0.3) is 5.69 Å². The highest BCUT2D eigenvalue weighted by atomic mass is 32.2. The molecule has 1 aromatic carbocycles. The maximum absolute atomic E-state index is 12.1. The summed E-state index contributed by atoms with van der Waals surface area (Å²) in [5.74, 6) is -1.09. The van der Waals surface area contributed by atoms with E-state index < -0.39 is 10.9 Å². The van der Waals surface area contributed by atoms with Crippen LogP contribution < -0.4 is 11.1 Å². The number of carbonyl (C=O) groups excluding carboxylic acids is 2. The number of hydrogen-bond donors (Lipinski definition) is 2. The molecule has 0 radical (unpaired) electrons. The van der Waals surface area contributed by atoms with Crippen molar-refractivity contribution in [2.45, 2.75) is 19.0 Å². The fraction of sp³-hybridized carbons (Fsp3) is 0.250. The summed E-state index contributed by atoms with van der Waals surface area (Å²) in [7, 11) is 0. The van der Waals surface area contributed by atoms with E-state index in [1.165, 1.54) is 18.3 Å². The monoisotopic (exact) mass is 391 g/mol. The molecule has 0 unspecified atom stereocenters. The van der Waals surface area contributed by atoms with Crippen molar-refractivity contribution in [1.29, 1.82) is 0 Å². The molecule has 0 fully saturated rings. The van der Waals surface area contributed by atoms with Crippen LogP contribution in [-0.4, -0.2) is 39.1 Å². The first kappa shape index (κ1) is 20.1. The van der Waals surface area contributed by atoms with Gasteiger partial charge >= 0.3 is 5.97 Å². The summed E-state index contributed by atoms with van der Waals surface area (Å²) in [5.41, 5.74) is 6.70. The van der Waals surface area contributed by atoms with Crippen molar-refractivity contribution in [3.8, 4) is 0 Å². The Kier molecular flexibility index (Phi) is 6.66. The molecule has 0 aliphatic carbocycles. The van der Waals surface area contributed by atoms with Crippen LogP contribution in [0.2, 0.25) is 0 Å². The number of esters is 1. The number of aryl methyl sites for hydroxylation is 1. The average molecular weight is 391 g/mol. The summed E-state index contributed by atoms with van der Waals surface area (Å²) in [5, 5.41) is 13.7. The number of benzene rings is 1. The van der Waals surface area contributed by atoms with Gasteiger partial charge in [0, 0.05) is 18.3 Å². The lowest BCUT2D eigenvalue weighted by Gasteiger charge is -2.08. The van der Waals surface area contributed by atoms with Gasteiger partial charge < -0.3 is 15.8 Å². The second-order valence-corrected chi connectivity index (χ2v) is 6.21. The van der Waals surface area contributed by atoms with Gasteiger partial charge in [-0.3, -0.25) is 14.9 Å². The number of non-ortho nitro benzene ring substituents is 1. The lowest BCUT2D eigenvalue weighted by Crippen LogP contribution is -2.16. The summed E-state index contributed by atoms with van der Waals surface area (Å²) in [4.78, 5) is 42.0. The van der Waals surface area contributed by atoms with Crippen LogP contribution in [0.4, 0.5) is 17.2 Å². The summed E-state index contributed by atoms with van der Waals surface area (Å²) in [6.45, 7) is 3.59. The number of thioether (sulfide) groups is 1. The average Bonchev–Trinajstić information content (AvgIpc) is 2.61. The molecule has 142 valence electrons. The highest BCUT2D eigenvalue weighted by Gasteiger charge is 2.15. The quantitative estimate of drug-likeness (QED) is 0.238. The van der Waals surface area contributed by atoms with Crippen molar-refractivity contribution in [2.75, 3.05) is 23.4 Å². The van der Waals surface area contributed by atoms with Crippen LogP contribution in [0.1, 0.15) is 22.8 Å². The molecular formula is C16H17N5O5S. The first-order chi connectivity index (χ1) is 12.8. The molecule has 1 aromatic heterocycles. The largest absolute Gasteiger partial charge is 0.462 e. The Balaban J connectivity index is 2.00. The van der Waals surface area contributed by atoms with Crippen molar-refractivity contribution in [1.82, 2.24) is 9.97 Å². The fourth-order valence-corrected chi connectivity index (χ4v) is 2.61. The van der Waals surface area contributed by atoms with Gasteiger partial charge in [0.15, 0.2) is 5.16 Å². The lowest BCUT2D eigenvalue weighted by atomic mass is 10.2. The van der Waals surface area contributed by atoms with Crippen molar-refractivity contribution < 1.29 is 19.2 Å². The van der Waals surface area contributed by atoms with Crippen molar-refractivity contribution in [3.63, 3.8) is 0 Å². The topological polar surface area (TPSA) is 150 Å². The van der Waals surface area contributed by atoms with E-state index in [0.717, 1.165) is 11.8 Å². The van der Waals surface area contributed by atoms with Crippen LogP contribution in [0.15, 0.2) is 29.6 Å². The van der Waals surface area contributed by atoms with Crippen LogP contribution >= 0.6 is 11.8 Å². The molecular weight excluding hydrogens is 374 g/mol. The van der Waals surface area contributed by atoms with Gasteiger partial charge in [-0.25, -0.2) is 14.8 Å². The minimum atomic E-state index is -0.620. The number of amides is 1. The van der Waals surface area contributed by atoms with Gasteiger partial charge in [-0.1, -0.05) is 17.8 Å². The van der Waals surface area contributed by atoms with Crippen molar-refractivity contribution in [3.05, 3.63) is 45.6 Å². The molecule has 2 rings (SSSR count). The Hall–Kier alpha value is -3.21. The zero-order valence-corrected chi connectivity index (χ0v) is 15.4. The molecule has 10 nitrogen and oxygen atoms in total. The Bertz CT molecular complexity index is 889. The van der Waals surface area contributed by atoms with E-state index in [2.05, 4.69) is 15.3 Å². The Morgan fingerprint density at radius 3 is 2.78 bits per heavy atom. The van der Waals surface area contributed by atoms with Gasteiger partial charge in [0.2, 0.25) is 5.91 Å². The normalized spacial score (nSPS) is 10.3. The van der Waals surface area contributed by atoms with Crippen molar-refractivity contribution >= 4 is 40.8 Å². The van der Waals surface area contributed by atoms with Crippen LogP contribution in [0.5, 0.6) is 0 Å². The van der Waals surface area contributed by atoms with E-state index >= 15 is 0 Å². The number of aromatic nitrogens is 2. The molecule has 0 bridgehead atoms. The zero-order valence-electron chi connectivity index (χ0n) is 14.6. The van der Waals surface area contributed by atoms with Crippen LogP contribution in [0.25, 0.3) is 0 Å². The summed E-state index contributed by atoms with van der Waals surface area (Å²) < 4.78 is 4.83. The van der Waals surface area contributed by atoms with Gasteiger partial charge in [0.05, 0.1) is 23.0 Å². The third kappa shape index (κ3) is 5.38. The van der Waals surface area contributed by atoms with Gasteiger partial charge in [-0.2, -0.15) is 0 Å². The third-order valence-corrected chi connectivity index (χ3v) is 4.19. The predicted molar refractivity (Wildman–Crippen MR) is 99.6 cm³/mol. The van der Waals surface area contributed by atoms with E-state index in [1.54, 1.807) is 19.9 Å². The van der Waals surface area contributed by atoms with Crippen LogP contribution in [-0.2, 0) is 9.53 Å². The molecule has 0 saturated heterocycles. The summed E-state index contributed by atoms with van der Waals surface area (Å²) in [6.07, 6.45) is 1.24. The number of nitrogens with two attached hydrogens (primary N) is 1. The molecule has 3 N–H and O–H groups in total. The number of anilines is 2. The Morgan fingerprint density at radius 2 is 2.15 bits per heavy atom. The number of nitrogens with zero attached hydrogens (tertiary/aromatic N) is 3. The molecule has 0 saturated carbocycles. The SMILES string of the molecule is CCOC(=O)c1cnc(SCC(=O)Nc2cc([N+](=O)[O-])ccc2C)nc1N. The summed E-state index contributed by atoms with van der Waals surface area (Å²) in [6, 6.07) is 4.21. The number of hydrogen-bond acceptors (Lipinski definition) is 9. The van der Waals surface area contributed by atoms with Crippen molar-refractivity contribution in [2.24, 2.45) is 0 Å². The second kappa shape index (κ2) is 8.94. The number of ether oxygens (including phenoxy) is 1. The molecule has 0 aliphatic rings. The minimum absolute atomic E-state index is 0.0408. The second-order valence-electron chi connectivity index (χ2n) is 5.27. The van der Waals surface area contributed by atoms with E-state index in [0.29, 0.717) is 11.3 Å². The standard InChI is InChI=1S/C16H17N5O5S/c1-3-26-15(23)11-7-18-16(20-14(11)17)27-8-13(22)19-12-6-10(21(24)25)5-4-9(12)2/h4-7H,3,8H2,1-2H3,(H,19,22)(H2,17,18,20). The van der Waals surface area contributed by atoms with Gasteiger partial charge in [-0.05, 0) is 19.4 Å². The molecule has 0 aliphatic heterocycles. The third-order valence-electron chi connectivity index (χ3n) is 3.33. The van der Waals surface area contributed by atoms with Crippen LogP contribution in [0.3, 0.4) is 0 Å². The predicted octanol–water partition coefficient (Wildman–Crippen LogP) is 2.18. The molecule has 0 atom stereocenters. The number of nitro benzene ring substituents is 1. The molecule has 1 amide bonds. The molecule has 1 heterocycles. The molecule has 11 heteroatoms. The fourth-order valence-electron chi connectivity index (χ4n) is 1.99. The van der Waals surface area contributed by atoms with Crippen LogP contribution in [0, 0.1) is 17.0 Å². The van der Waals surface area contributed by atoms with E-state index in [-0.39, 0.29) is 40.5 Å². The maximum atomic E-state index is 12.1. The van der Waals surface area contributed by atoms with E-state index in [4.69, 9.17) is 10.5 Å². The highest BCUT2D eigenvalue weighted by Crippen LogP contribution is 2.23. The number of nitrogen functional groups attached to an aromatic ring is 1. The minimum Gasteiger partial charge on any atom is -0.462 e. The summed E-state index contributed by atoms with van der Waals surface area (Å²) >= 11 is 1.01. The molecule has 2 aromatic rings. The molecule has 27 heavy (non-hydrogen) atoms. The maximum Gasteiger partial charge on any atom is 0.343 e. The first-order valence-electron chi connectivity index (χ1n) is 7.79. The Morgan fingerprint density at radius 1 is 1.41 bits per heavy atom. The number of nitro groups is 1. The highest BCUT2D eigenvalue weighted by molar-refractivity contribution is 7.99. The van der Waals surface area contributed by atoms with E-state index in [1.807, 2.05) is 0 Å². The van der Waals surface area contributed by atoms with Gasteiger partial charge in [-0.15, -0.1) is 0 Å². The van der Waals surface area contributed by atoms with Gasteiger partial charge in [0.1, 0.15) is 11.4 Å². The number of rotatable bonds is 7. The smallest absolute Gasteiger partial charge is 0.343 e. The first-order valence-corrected chi connectivity index (χ1v) is 8.77. The molecule has 0 spiro atoms. The Labute approximate surface area is 158 Å².